The van der Waals surface area contributed by atoms with Gasteiger partial charge in [0, 0.05) is 30.2 Å². The van der Waals surface area contributed by atoms with Crippen LogP contribution in [0.2, 0.25) is 0 Å². The van der Waals surface area contributed by atoms with Crippen molar-refractivity contribution in [3.8, 4) is 0 Å². The van der Waals surface area contributed by atoms with Crippen LogP contribution in [0.3, 0.4) is 0 Å². The molecule has 3 heteroatoms. The van der Waals surface area contributed by atoms with Gasteiger partial charge in [0.05, 0.1) is 0 Å². The molecule has 1 aromatic heterocycles. The minimum absolute atomic E-state index is 0.179. The Labute approximate surface area is 73.0 Å². The van der Waals surface area contributed by atoms with Crippen molar-refractivity contribution >= 4 is 5.69 Å². The molecule has 1 heterocycles. The fourth-order valence-electron chi connectivity index (χ4n) is 0.934. The van der Waals surface area contributed by atoms with E-state index in [0.717, 1.165) is 17.9 Å². The third-order valence-corrected chi connectivity index (χ3v) is 1.52. The summed E-state index contributed by atoms with van der Waals surface area (Å²) in [5.74, 6) is 0. The normalized spacial score (nSPS) is 12.6. The van der Waals surface area contributed by atoms with Crippen molar-refractivity contribution in [1.29, 1.82) is 0 Å². The van der Waals surface area contributed by atoms with Crippen LogP contribution < -0.4 is 11.1 Å². The van der Waals surface area contributed by atoms with Crippen molar-refractivity contribution in [3.05, 3.63) is 24.0 Å². The van der Waals surface area contributed by atoms with Gasteiger partial charge in [-0.25, -0.2) is 0 Å². The third kappa shape index (κ3) is 2.88. The molecule has 0 saturated carbocycles. The van der Waals surface area contributed by atoms with Gasteiger partial charge >= 0.3 is 0 Å². The molecule has 0 radical (unpaired) electrons. The molecule has 3 nitrogen and oxygen atoms in total. The highest BCUT2D eigenvalue weighted by Gasteiger charge is 1.94. The number of hydrogen-bond acceptors (Lipinski definition) is 3. The SMILES string of the molecule is Cc1cc(NCC(C)N)ccn1. The molecule has 0 aliphatic rings. The summed E-state index contributed by atoms with van der Waals surface area (Å²) in [4.78, 5) is 4.10. The maximum atomic E-state index is 5.60. The molecule has 0 aliphatic carbocycles. The maximum absolute atomic E-state index is 5.60. The van der Waals surface area contributed by atoms with E-state index in [1.807, 2.05) is 26.0 Å². The van der Waals surface area contributed by atoms with Crippen molar-refractivity contribution in [2.75, 3.05) is 11.9 Å². The highest BCUT2D eigenvalue weighted by Crippen LogP contribution is 2.06. The molecule has 0 fully saturated rings. The van der Waals surface area contributed by atoms with Gasteiger partial charge in [0.2, 0.25) is 0 Å². The lowest BCUT2D eigenvalue weighted by molar-refractivity contribution is 0.780. The molecular formula is C9H15N3. The number of nitrogens with two attached hydrogens (primary N) is 1. The molecule has 0 spiro atoms. The molecule has 0 aliphatic heterocycles. The Morgan fingerprint density at radius 3 is 3.00 bits per heavy atom. The van der Waals surface area contributed by atoms with Gasteiger partial charge in [-0.3, -0.25) is 4.98 Å². The van der Waals surface area contributed by atoms with E-state index in [-0.39, 0.29) is 6.04 Å². The third-order valence-electron chi connectivity index (χ3n) is 1.52. The number of hydrogen-bond donors (Lipinski definition) is 2. The summed E-state index contributed by atoms with van der Waals surface area (Å²) in [6.45, 7) is 4.74. The zero-order chi connectivity index (χ0) is 8.97. The number of pyridine rings is 1. The Balaban J connectivity index is 2.52. The van der Waals surface area contributed by atoms with Gasteiger partial charge < -0.3 is 11.1 Å². The molecule has 66 valence electrons. The van der Waals surface area contributed by atoms with Gasteiger partial charge in [-0.15, -0.1) is 0 Å². The minimum Gasteiger partial charge on any atom is -0.383 e. The second kappa shape index (κ2) is 4.07. The number of aromatic nitrogens is 1. The first-order chi connectivity index (χ1) is 5.68. The summed E-state index contributed by atoms with van der Waals surface area (Å²) < 4.78 is 0. The van der Waals surface area contributed by atoms with Gasteiger partial charge in [0.15, 0.2) is 0 Å². The fraction of sp³-hybridized carbons (Fsp3) is 0.444. The molecule has 0 amide bonds. The van der Waals surface area contributed by atoms with E-state index in [1.54, 1.807) is 6.20 Å². The van der Waals surface area contributed by atoms with E-state index in [1.165, 1.54) is 0 Å². The summed E-state index contributed by atoms with van der Waals surface area (Å²) in [6.07, 6.45) is 1.79. The highest BCUT2D eigenvalue weighted by atomic mass is 14.9. The van der Waals surface area contributed by atoms with E-state index in [0.29, 0.717) is 0 Å². The molecule has 1 atom stereocenters. The average molecular weight is 165 g/mol. The average Bonchev–Trinajstić information content (AvgIpc) is 2.01. The van der Waals surface area contributed by atoms with Crippen molar-refractivity contribution in [1.82, 2.24) is 4.98 Å². The van der Waals surface area contributed by atoms with Crippen molar-refractivity contribution in [2.24, 2.45) is 5.73 Å². The number of nitrogens with one attached hydrogen (secondary N) is 1. The lowest BCUT2D eigenvalue weighted by Crippen LogP contribution is -2.25. The number of rotatable bonds is 3. The molecule has 1 rings (SSSR count). The Morgan fingerprint density at radius 2 is 2.42 bits per heavy atom. The number of aryl methyl sites for hydroxylation is 1. The molecular weight excluding hydrogens is 150 g/mol. The molecule has 1 unspecified atom stereocenters. The van der Waals surface area contributed by atoms with E-state index in [2.05, 4.69) is 10.3 Å². The molecule has 1 aromatic rings. The predicted molar refractivity (Wildman–Crippen MR) is 51.1 cm³/mol. The van der Waals surface area contributed by atoms with Crippen molar-refractivity contribution in [2.45, 2.75) is 19.9 Å². The van der Waals surface area contributed by atoms with Crippen LogP contribution in [0.15, 0.2) is 18.3 Å². The first kappa shape index (κ1) is 9.00. The minimum atomic E-state index is 0.179. The zero-order valence-corrected chi connectivity index (χ0v) is 7.54. The van der Waals surface area contributed by atoms with Crippen LogP contribution in [0.4, 0.5) is 5.69 Å². The summed E-state index contributed by atoms with van der Waals surface area (Å²) >= 11 is 0. The quantitative estimate of drug-likeness (QED) is 0.706. The molecule has 0 saturated heterocycles. The summed E-state index contributed by atoms with van der Waals surface area (Å²) in [5.41, 5.74) is 7.70. The first-order valence-corrected chi connectivity index (χ1v) is 4.10. The summed E-state index contributed by atoms with van der Waals surface area (Å²) in [7, 11) is 0. The highest BCUT2D eigenvalue weighted by molar-refractivity contribution is 5.42. The van der Waals surface area contributed by atoms with Crippen molar-refractivity contribution in [3.63, 3.8) is 0 Å². The lowest BCUT2D eigenvalue weighted by atomic mass is 10.3. The Bertz CT molecular complexity index is 245. The van der Waals surface area contributed by atoms with Crippen LogP contribution in [-0.2, 0) is 0 Å². The lowest BCUT2D eigenvalue weighted by Gasteiger charge is -2.08. The fourth-order valence-corrected chi connectivity index (χ4v) is 0.934. The van der Waals surface area contributed by atoms with Crippen LogP contribution in [0.25, 0.3) is 0 Å². The molecule has 0 bridgehead atoms. The number of anilines is 1. The van der Waals surface area contributed by atoms with E-state index in [4.69, 9.17) is 5.73 Å². The van der Waals surface area contributed by atoms with Crippen LogP contribution in [-0.4, -0.2) is 17.6 Å². The van der Waals surface area contributed by atoms with Gasteiger partial charge in [0.1, 0.15) is 0 Å². The molecule has 3 N–H and O–H groups in total. The second-order valence-corrected chi connectivity index (χ2v) is 3.04. The van der Waals surface area contributed by atoms with Gasteiger partial charge in [-0.1, -0.05) is 0 Å². The monoisotopic (exact) mass is 165 g/mol. The van der Waals surface area contributed by atoms with E-state index < -0.39 is 0 Å². The smallest absolute Gasteiger partial charge is 0.0393 e. The Kier molecular flexibility index (Phi) is 3.05. The molecule has 12 heavy (non-hydrogen) atoms. The van der Waals surface area contributed by atoms with Crippen LogP contribution in [0, 0.1) is 6.92 Å². The van der Waals surface area contributed by atoms with Crippen LogP contribution in [0.1, 0.15) is 12.6 Å². The van der Waals surface area contributed by atoms with Crippen molar-refractivity contribution < 1.29 is 0 Å². The van der Waals surface area contributed by atoms with E-state index >= 15 is 0 Å². The van der Waals surface area contributed by atoms with Gasteiger partial charge in [-0.05, 0) is 26.0 Å². The summed E-state index contributed by atoms with van der Waals surface area (Å²) in [6, 6.07) is 4.12. The Morgan fingerprint density at radius 1 is 1.67 bits per heavy atom. The van der Waals surface area contributed by atoms with E-state index in [9.17, 15) is 0 Å². The second-order valence-electron chi connectivity index (χ2n) is 3.04. The number of nitrogens with zero attached hydrogens (tertiary/aromatic N) is 1. The predicted octanol–water partition coefficient (Wildman–Crippen LogP) is 1.15. The standard InChI is InChI=1S/C9H15N3/c1-7(10)6-12-9-3-4-11-8(2)5-9/h3-5,7H,6,10H2,1-2H3,(H,11,12). The van der Waals surface area contributed by atoms with Crippen LogP contribution in [0.5, 0.6) is 0 Å². The largest absolute Gasteiger partial charge is 0.383 e. The topological polar surface area (TPSA) is 50.9 Å². The maximum Gasteiger partial charge on any atom is 0.0393 e. The summed E-state index contributed by atoms with van der Waals surface area (Å²) in [5, 5.41) is 3.22. The Hall–Kier alpha value is -1.09. The van der Waals surface area contributed by atoms with Gasteiger partial charge in [0.25, 0.3) is 0 Å². The van der Waals surface area contributed by atoms with Crippen LogP contribution >= 0.6 is 0 Å². The van der Waals surface area contributed by atoms with Gasteiger partial charge in [-0.2, -0.15) is 0 Å². The first-order valence-electron chi connectivity index (χ1n) is 4.10. The zero-order valence-electron chi connectivity index (χ0n) is 7.54. The molecule has 0 aromatic carbocycles.